The van der Waals surface area contributed by atoms with E-state index in [4.69, 9.17) is 0 Å². The molecule has 1 saturated carbocycles. The molecule has 208 valence electrons. The van der Waals surface area contributed by atoms with Crippen molar-refractivity contribution in [2.75, 3.05) is 6.61 Å². The van der Waals surface area contributed by atoms with E-state index in [1.807, 2.05) is 30.3 Å². The lowest BCUT2D eigenvalue weighted by Crippen LogP contribution is -2.58. The Kier molecular flexibility index (Phi) is 8.46. The number of halogens is 1. The zero-order chi connectivity index (χ0) is 27.0. The van der Waals surface area contributed by atoms with Gasteiger partial charge in [0.2, 0.25) is 17.7 Å². The summed E-state index contributed by atoms with van der Waals surface area (Å²) in [6.45, 7) is 4.33. The highest BCUT2D eigenvalue weighted by atomic mass is 79.9. The zero-order valence-electron chi connectivity index (χ0n) is 22.3. The maximum atomic E-state index is 14.3. The maximum absolute atomic E-state index is 14.3. The smallest absolute Gasteiger partial charge is 0.244 e. The Morgan fingerprint density at radius 3 is 2.53 bits per heavy atom. The third-order valence-electron chi connectivity index (χ3n) is 8.89. The largest absolute Gasteiger partial charge is 0.394 e. The molecule has 0 aromatic heterocycles. The van der Waals surface area contributed by atoms with Gasteiger partial charge in [-0.2, -0.15) is 0 Å². The number of nitrogens with one attached hydrogen (secondary N) is 2. The molecule has 5 rings (SSSR count). The summed E-state index contributed by atoms with van der Waals surface area (Å²) in [6, 6.07) is 8.73. The lowest BCUT2D eigenvalue weighted by atomic mass is 9.70. The van der Waals surface area contributed by atoms with E-state index in [0.717, 1.165) is 31.2 Å². The highest BCUT2D eigenvalue weighted by Gasteiger charge is 2.76. The molecule has 3 unspecified atom stereocenters. The second kappa shape index (κ2) is 11.5. The zero-order valence-corrected chi connectivity index (χ0v) is 24.7. The van der Waals surface area contributed by atoms with Crippen molar-refractivity contribution in [3.8, 4) is 0 Å². The number of alkyl halides is 1. The first-order chi connectivity index (χ1) is 18.3. The second-order valence-electron chi connectivity index (χ2n) is 11.9. The fourth-order valence-corrected chi connectivity index (χ4v) is 10.9. The molecule has 3 N–H and O–H groups in total. The molecule has 3 amide bonds. The topological polar surface area (TPSA) is 98.7 Å². The molecule has 38 heavy (non-hydrogen) atoms. The lowest BCUT2D eigenvalue weighted by molar-refractivity contribution is -0.143. The molecule has 1 spiro atoms. The number of rotatable bonds is 9. The van der Waals surface area contributed by atoms with Gasteiger partial charge in [0.15, 0.2) is 0 Å². The minimum atomic E-state index is -0.695. The Balaban J connectivity index is 1.46. The van der Waals surface area contributed by atoms with Crippen LogP contribution in [0.3, 0.4) is 0 Å². The first-order valence-corrected chi connectivity index (χ1v) is 15.9. The molecule has 3 aliphatic heterocycles. The maximum Gasteiger partial charge on any atom is 0.244 e. The molecular weight excluding hydrogens is 566 g/mol. The molecule has 3 saturated heterocycles. The first-order valence-electron chi connectivity index (χ1n) is 14.1. The van der Waals surface area contributed by atoms with Crippen molar-refractivity contribution in [3.05, 3.63) is 35.9 Å². The summed E-state index contributed by atoms with van der Waals surface area (Å²) >= 11 is 5.48. The van der Waals surface area contributed by atoms with Gasteiger partial charge in [0.05, 0.1) is 29.2 Å². The van der Waals surface area contributed by atoms with Crippen molar-refractivity contribution in [3.63, 3.8) is 0 Å². The highest BCUT2D eigenvalue weighted by Crippen LogP contribution is 2.68. The Hall–Kier alpha value is -1.58. The first kappa shape index (κ1) is 28.0. The average molecular weight is 607 g/mol. The summed E-state index contributed by atoms with van der Waals surface area (Å²) < 4.78 is -0.687. The van der Waals surface area contributed by atoms with E-state index in [9.17, 15) is 19.5 Å². The second-order valence-corrected chi connectivity index (χ2v) is 14.6. The number of amides is 3. The van der Waals surface area contributed by atoms with Crippen molar-refractivity contribution < 1.29 is 19.5 Å². The Labute approximate surface area is 238 Å². The predicted molar refractivity (Wildman–Crippen MR) is 153 cm³/mol. The lowest BCUT2D eigenvalue weighted by Gasteiger charge is -2.39. The molecule has 2 bridgehead atoms. The Morgan fingerprint density at radius 2 is 1.87 bits per heavy atom. The minimum absolute atomic E-state index is 0.0339. The molecule has 9 heteroatoms. The third-order valence-corrected chi connectivity index (χ3v) is 12.1. The fraction of sp³-hybridized carbons (Fsp3) is 0.690. The molecule has 7 atom stereocenters. The van der Waals surface area contributed by atoms with Gasteiger partial charge in [0, 0.05) is 22.7 Å². The quantitative estimate of drug-likeness (QED) is 0.373. The average Bonchev–Trinajstić information content (AvgIpc) is 3.50. The minimum Gasteiger partial charge on any atom is -0.394 e. The van der Waals surface area contributed by atoms with E-state index in [0.29, 0.717) is 19.4 Å². The number of carbonyl (C=O) groups excluding carboxylic acids is 3. The summed E-state index contributed by atoms with van der Waals surface area (Å²) in [5.41, 5.74) is 1.00. The van der Waals surface area contributed by atoms with Crippen molar-refractivity contribution in [2.45, 2.75) is 98.3 Å². The van der Waals surface area contributed by atoms with E-state index < -0.39 is 28.7 Å². The number of likely N-dealkylation sites (tertiary alicyclic amines) is 1. The van der Waals surface area contributed by atoms with Gasteiger partial charge >= 0.3 is 0 Å². The van der Waals surface area contributed by atoms with Gasteiger partial charge in [-0.15, -0.1) is 11.8 Å². The standard InChI is InChI=1S/C29H40BrN3O4S/c1-17(2)13-20(16-34)33-25(27(36)32-19-11-7-4-8-12-19)29-14-21(30)24(38-29)22(23(29)28(33)37)26(35)31-15-18-9-5-3-6-10-18/h3,5-6,9-10,17,19-25,34H,4,7-8,11-16H2,1-2H3,(H,31,35)(H,32,36)/t20-,21?,22+,23+,24+,25?,29?/m1/s1. The van der Waals surface area contributed by atoms with Crippen molar-refractivity contribution in [2.24, 2.45) is 17.8 Å². The van der Waals surface area contributed by atoms with Gasteiger partial charge in [-0.1, -0.05) is 79.4 Å². The van der Waals surface area contributed by atoms with E-state index in [1.54, 1.807) is 16.7 Å². The summed E-state index contributed by atoms with van der Waals surface area (Å²) in [5, 5.41) is 16.7. The van der Waals surface area contributed by atoms with Crippen LogP contribution in [0.5, 0.6) is 0 Å². The van der Waals surface area contributed by atoms with E-state index >= 15 is 0 Å². The van der Waals surface area contributed by atoms with E-state index in [-0.39, 0.29) is 46.4 Å². The number of hydrogen-bond donors (Lipinski definition) is 3. The van der Waals surface area contributed by atoms with Crippen molar-refractivity contribution >= 4 is 45.4 Å². The van der Waals surface area contributed by atoms with E-state index in [2.05, 4.69) is 40.4 Å². The molecule has 0 radical (unpaired) electrons. The third kappa shape index (κ3) is 5.03. The van der Waals surface area contributed by atoms with Gasteiger partial charge in [-0.05, 0) is 37.2 Å². The van der Waals surface area contributed by atoms with Crippen LogP contribution < -0.4 is 10.6 Å². The highest BCUT2D eigenvalue weighted by molar-refractivity contribution is 9.09. The molecule has 7 nitrogen and oxygen atoms in total. The summed E-state index contributed by atoms with van der Waals surface area (Å²) in [7, 11) is 0. The summed E-state index contributed by atoms with van der Waals surface area (Å²) in [6.07, 6.45) is 6.57. The van der Waals surface area contributed by atoms with Gasteiger partial charge < -0.3 is 20.6 Å². The molecule has 1 aromatic rings. The molecule has 1 aromatic carbocycles. The summed E-state index contributed by atoms with van der Waals surface area (Å²) in [4.78, 5) is 43.8. The SMILES string of the molecule is CC(C)C[C@H](CO)N1C(=O)[C@@H]2[C@H](C(=O)NCc3ccccc3)[C@H]3SC2(CC3Br)C1C(=O)NC1CCCCC1. The molecular formula is C29H40BrN3O4S. The van der Waals surface area contributed by atoms with Crippen LogP contribution in [0, 0.1) is 17.8 Å². The number of aliphatic hydroxyl groups excluding tert-OH is 1. The number of fused-ring (bicyclic) bond motifs is 1. The van der Waals surface area contributed by atoms with Crippen LogP contribution in [0.4, 0.5) is 0 Å². The number of carbonyl (C=O) groups is 3. The van der Waals surface area contributed by atoms with Crippen molar-refractivity contribution in [1.29, 1.82) is 0 Å². The van der Waals surface area contributed by atoms with Crippen LogP contribution in [0.1, 0.15) is 64.4 Å². The molecule has 3 heterocycles. The predicted octanol–water partition coefficient (Wildman–Crippen LogP) is 3.62. The summed E-state index contributed by atoms with van der Waals surface area (Å²) in [5.74, 6) is -1.25. The van der Waals surface area contributed by atoms with E-state index in [1.165, 1.54) is 6.42 Å². The number of aliphatic hydroxyl groups is 1. The Bertz CT molecular complexity index is 1040. The van der Waals surface area contributed by atoms with Gasteiger partial charge in [-0.3, -0.25) is 14.4 Å². The molecule has 1 aliphatic carbocycles. The van der Waals surface area contributed by atoms with Crippen LogP contribution in [0.15, 0.2) is 30.3 Å². The number of thioether (sulfide) groups is 1. The van der Waals surface area contributed by atoms with Crippen molar-refractivity contribution in [1.82, 2.24) is 15.5 Å². The number of hydrogen-bond acceptors (Lipinski definition) is 5. The van der Waals surface area contributed by atoms with Gasteiger partial charge in [0.25, 0.3) is 0 Å². The number of nitrogens with zero attached hydrogens (tertiary/aromatic N) is 1. The fourth-order valence-electron chi connectivity index (χ4n) is 7.31. The number of benzene rings is 1. The van der Waals surface area contributed by atoms with Crippen LogP contribution in [-0.4, -0.2) is 67.3 Å². The molecule has 4 fully saturated rings. The molecule has 4 aliphatic rings. The van der Waals surface area contributed by atoms with Crippen LogP contribution >= 0.6 is 27.7 Å². The van der Waals surface area contributed by atoms with Gasteiger partial charge in [-0.25, -0.2) is 0 Å². The monoisotopic (exact) mass is 605 g/mol. The van der Waals surface area contributed by atoms with Crippen LogP contribution in [-0.2, 0) is 20.9 Å². The van der Waals surface area contributed by atoms with Crippen LogP contribution in [0.2, 0.25) is 0 Å². The Morgan fingerprint density at radius 1 is 1.16 bits per heavy atom. The normalized spacial score (nSPS) is 33.4. The van der Waals surface area contributed by atoms with Crippen LogP contribution in [0.25, 0.3) is 0 Å². The van der Waals surface area contributed by atoms with Gasteiger partial charge in [0.1, 0.15) is 6.04 Å².